The number of aromatic amines is 1. The van der Waals surface area contributed by atoms with E-state index in [1.807, 2.05) is 0 Å². The molecule has 7 heterocycles. The molecule has 25 heteroatoms. The molecule has 7 rings (SSSR count). The lowest BCUT2D eigenvalue weighted by Gasteiger charge is -2.30. The maximum absolute atomic E-state index is 13.2. The fourth-order valence-electron chi connectivity index (χ4n) is 5.53. The van der Waals surface area contributed by atoms with Gasteiger partial charge in [0.25, 0.3) is 12.2 Å². The minimum absolute atomic E-state index is 0.0129. The second-order valence-corrected chi connectivity index (χ2v) is 15.0. The van der Waals surface area contributed by atoms with Crippen LogP contribution < -0.4 is 27.2 Å². The molecule has 22 nitrogen and oxygen atoms in total. The van der Waals surface area contributed by atoms with Crippen molar-refractivity contribution in [3.05, 3.63) is 29.3 Å². The molecule has 3 aliphatic heterocycles. The predicted molar refractivity (Wildman–Crippen MR) is 154 cm³/mol. The van der Waals surface area contributed by atoms with Crippen molar-refractivity contribution in [2.24, 2.45) is 0 Å². The summed E-state index contributed by atoms with van der Waals surface area (Å²) in [6, 6.07) is -2.51. The van der Waals surface area contributed by atoms with Gasteiger partial charge in [-0.2, -0.15) is 4.98 Å². The number of nitrogens with zero attached hydrogens (tertiary/aromatic N) is 7. The van der Waals surface area contributed by atoms with E-state index in [2.05, 4.69) is 40.1 Å². The summed E-state index contributed by atoms with van der Waals surface area (Å²) in [6.45, 7) is -5.05. The number of hydrogen-bond acceptors (Lipinski definition) is 16. The van der Waals surface area contributed by atoms with Gasteiger partial charge in [0.15, 0.2) is 35.1 Å². The van der Waals surface area contributed by atoms with Crippen molar-refractivity contribution in [1.29, 1.82) is 0 Å². The summed E-state index contributed by atoms with van der Waals surface area (Å²) < 4.78 is 38.8. The number of imidazole rings is 2. The predicted octanol–water partition coefficient (Wildman–Crippen LogP) is -3.08. The Bertz CT molecular complexity index is 1940. The van der Waals surface area contributed by atoms with Crippen molar-refractivity contribution in [3.8, 4) is 0 Å². The van der Waals surface area contributed by atoms with Crippen LogP contribution >= 0.6 is 14.4 Å². The minimum atomic E-state index is -4.72. The number of H-pyrrole nitrogens is 1. The molecule has 4 aromatic heterocycles. The molecule has 0 amide bonds. The van der Waals surface area contributed by atoms with Crippen LogP contribution in [0.15, 0.2) is 23.8 Å². The van der Waals surface area contributed by atoms with Crippen molar-refractivity contribution < 1.29 is 43.1 Å². The number of nitrogen functional groups attached to an aromatic ring is 2. The van der Waals surface area contributed by atoms with E-state index in [-0.39, 0.29) is 34.1 Å². The summed E-state index contributed by atoms with van der Waals surface area (Å²) in [5.41, 5.74) is 11.3. The number of aromatic nitrogens is 8. The summed E-state index contributed by atoms with van der Waals surface area (Å²) in [7, 11) is -4.72. The van der Waals surface area contributed by atoms with Gasteiger partial charge in [-0.25, -0.2) is 34.7 Å². The van der Waals surface area contributed by atoms with E-state index in [9.17, 15) is 29.4 Å². The standard InChI is InChI=1S/C20H26N12O10P2S/c21-14-10-15(24-3-23-14)31(4-25-10)18-12(33)8-7(42-18)2-40-44(38,45)30-9-6(1-39-43(36,37)29-8)41-19(13(9)34)32-5-26-11-16(32)27-20(22)28-17(11)35/h3-9,12-13,18-19,33-34H,1-2H2,(H2,21,23,24)(H2,29,36,37)(H2,30,38,45)(H3,22,27,28,35)/t6-,7-,8?,9?,12+,13+,18-,19-,44?/m1/s1. The number of fused-ring (bicyclic) bond motifs is 4. The van der Waals surface area contributed by atoms with E-state index in [1.54, 1.807) is 0 Å². The summed E-state index contributed by atoms with van der Waals surface area (Å²) in [5, 5.41) is 27.6. The van der Waals surface area contributed by atoms with Crippen molar-refractivity contribution in [2.45, 2.75) is 49.0 Å². The van der Waals surface area contributed by atoms with Gasteiger partial charge in [-0.15, -0.1) is 0 Å². The number of nitrogens with one attached hydrogen (secondary N) is 3. The van der Waals surface area contributed by atoms with E-state index >= 15 is 0 Å². The number of rotatable bonds is 2. The first-order chi connectivity index (χ1) is 21.3. The largest absolute Gasteiger partial charge is 0.403 e. The van der Waals surface area contributed by atoms with Gasteiger partial charge < -0.3 is 45.5 Å². The van der Waals surface area contributed by atoms with Crippen molar-refractivity contribution in [1.82, 2.24) is 49.2 Å². The van der Waals surface area contributed by atoms with E-state index in [0.717, 1.165) is 0 Å². The van der Waals surface area contributed by atoms with Crippen molar-refractivity contribution in [2.75, 3.05) is 24.7 Å². The summed E-state index contributed by atoms with van der Waals surface area (Å²) >= 11 is 5.32. The van der Waals surface area contributed by atoms with Crippen LogP contribution in [-0.2, 0) is 34.9 Å². The Morgan fingerprint density at radius 2 is 1.49 bits per heavy atom. The first-order valence-corrected chi connectivity index (χ1v) is 17.4. The van der Waals surface area contributed by atoms with Gasteiger partial charge in [0, 0.05) is 0 Å². The van der Waals surface area contributed by atoms with Crippen LogP contribution in [0, 0.1) is 0 Å². The molecule has 45 heavy (non-hydrogen) atoms. The quantitative estimate of drug-likeness (QED) is 0.0943. The van der Waals surface area contributed by atoms with Gasteiger partial charge in [0.05, 0.1) is 38.0 Å². The van der Waals surface area contributed by atoms with Crippen molar-refractivity contribution >= 4 is 60.3 Å². The Kier molecular flexibility index (Phi) is 7.52. The van der Waals surface area contributed by atoms with Crippen LogP contribution in [-0.4, -0.2) is 109 Å². The summed E-state index contributed by atoms with van der Waals surface area (Å²) in [5.74, 6) is -0.121. The summed E-state index contributed by atoms with van der Waals surface area (Å²) in [4.78, 5) is 56.7. The molecule has 0 spiro atoms. The average molecular weight is 689 g/mol. The zero-order valence-corrected chi connectivity index (χ0v) is 25.2. The lowest BCUT2D eigenvalue weighted by Crippen LogP contribution is -2.47. The molecule has 4 aromatic rings. The highest BCUT2D eigenvalue weighted by Gasteiger charge is 2.51. The lowest BCUT2D eigenvalue weighted by atomic mass is 10.1. The van der Waals surface area contributed by atoms with Gasteiger partial charge in [-0.1, -0.05) is 0 Å². The number of nitrogens with two attached hydrogens (primary N) is 2. The van der Waals surface area contributed by atoms with Crippen LogP contribution in [0.25, 0.3) is 22.3 Å². The third-order valence-corrected chi connectivity index (χ3v) is 10.5. The minimum Gasteiger partial charge on any atom is -0.387 e. The Labute approximate surface area is 255 Å². The monoisotopic (exact) mass is 688 g/mol. The van der Waals surface area contributed by atoms with Crippen molar-refractivity contribution in [3.63, 3.8) is 0 Å². The molecule has 0 radical (unpaired) electrons. The van der Waals surface area contributed by atoms with Crippen LogP contribution in [0.2, 0.25) is 0 Å². The second-order valence-electron chi connectivity index (χ2n) is 10.4. The van der Waals surface area contributed by atoms with Crippen LogP contribution in [0.1, 0.15) is 12.5 Å². The van der Waals surface area contributed by atoms with Gasteiger partial charge in [0.2, 0.25) is 5.95 Å². The second kappa shape index (κ2) is 11.1. The molecular formula is C20H26N12O10P2S. The number of aliphatic hydroxyl groups excluding tert-OH is 2. The molecule has 4 unspecified atom stereocenters. The molecule has 3 aliphatic rings. The first-order valence-electron chi connectivity index (χ1n) is 13.1. The highest BCUT2D eigenvalue weighted by molar-refractivity contribution is 8.08. The lowest BCUT2D eigenvalue weighted by molar-refractivity contribution is -0.0478. The van der Waals surface area contributed by atoms with E-state index in [1.165, 1.54) is 28.1 Å². The molecule has 0 saturated carbocycles. The zero-order chi connectivity index (χ0) is 31.8. The van der Waals surface area contributed by atoms with Gasteiger partial charge in [-0.3, -0.25) is 23.4 Å². The third-order valence-electron chi connectivity index (χ3n) is 7.59. The molecule has 10 atom stereocenters. The van der Waals surface area contributed by atoms with Crippen LogP contribution in [0.3, 0.4) is 0 Å². The van der Waals surface area contributed by atoms with Gasteiger partial charge >= 0.3 is 7.75 Å². The van der Waals surface area contributed by atoms with Gasteiger partial charge in [-0.05, 0) is 11.8 Å². The molecule has 3 saturated heterocycles. The van der Waals surface area contributed by atoms with Gasteiger partial charge in [0.1, 0.15) is 36.3 Å². The molecular weight excluding hydrogens is 662 g/mol. The summed E-state index contributed by atoms with van der Waals surface area (Å²) in [6.07, 6.45) is -4.16. The molecule has 11 N–H and O–H groups in total. The number of aliphatic hydroxyl groups is 2. The van der Waals surface area contributed by atoms with E-state index in [4.69, 9.17) is 41.8 Å². The Balaban J connectivity index is 1.17. The molecule has 3 fully saturated rings. The van der Waals surface area contributed by atoms with Crippen LogP contribution in [0.5, 0.6) is 0 Å². The highest BCUT2D eigenvalue weighted by atomic mass is 32.5. The maximum Gasteiger partial charge on any atom is 0.403 e. The fourth-order valence-corrected chi connectivity index (χ4v) is 8.32. The maximum atomic E-state index is 13.2. The van der Waals surface area contributed by atoms with E-state index < -0.39 is 82.1 Å². The Morgan fingerprint density at radius 3 is 2.18 bits per heavy atom. The van der Waals surface area contributed by atoms with E-state index in [0.29, 0.717) is 0 Å². The first kappa shape index (κ1) is 30.6. The Morgan fingerprint density at radius 1 is 0.889 bits per heavy atom. The number of ether oxygens (including phenoxy) is 2. The average Bonchev–Trinajstić information content (AvgIpc) is 3.72. The fraction of sp³-hybridized carbons (Fsp3) is 0.500. The third kappa shape index (κ3) is 5.44. The number of hydrogen-bond donors (Lipinski definition) is 9. The Hall–Kier alpha value is -3.02. The molecule has 0 bridgehead atoms. The SMILES string of the molecule is Nc1nc2c(ncn2[C@@H]2O[C@@H]3COP(=O)(O)NC4[C@@H](COP(O)(=S)NC3[C@@H]2O)O[C@@H](n2cnc3c(N)ncnc32)[C@H]4O)c(=O)[nH]1. The molecule has 242 valence electrons. The normalized spacial score (nSPS) is 37.7. The zero-order valence-electron chi connectivity index (χ0n) is 22.6. The highest BCUT2D eigenvalue weighted by Crippen LogP contribution is 2.47. The number of anilines is 2. The van der Waals surface area contributed by atoms with Crippen LogP contribution in [0.4, 0.5) is 11.8 Å². The topological polar surface area (TPSA) is 318 Å². The molecule has 0 aromatic carbocycles. The smallest absolute Gasteiger partial charge is 0.387 e. The molecule has 0 aliphatic carbocycles.